The van der Waals surface area contributed by atoms with E-state index in [4.69, 9.17) is 9.47 Å². The average Bonchev–Trinajstić information content (AvgIpc) is 3.27. The van der Waals surface area contributed by atoms with Crippen LogP contribution in [0.15, 0.2) is 76.4 Å². The lowest BCUT2D eigenvalue weighted by atomic mass is 9.94. The van der Waals surface area contributed by atoms with Gasteiger partial charge >= 0.3 is 5.97 Å². The van der Waals surface area contributed by atoms with Crippen molar-refractivity contribution in [2.75, 3.05) is 18.5 Å². The van der Waals surface area contributed by atoms with Gasteiger partial charge in [-0.1, -0.05) is 48.2 Å². The normalized spacial score (nSPS) is 16.9. The molecule has 2 heterocycles. The van der Waals surface area contributed by atoms with Crippen molar-refractivity contribution in [1.29, 1.82) is 0 Å². The van der Waals surface area contributed by atoms with Crippen LogP contribution in [0.2, 0.25) is 0 Å². The Balaban J connectivity index is 1.61. The minimum absolute atomic E-state index is 0.166. The van der Waals surface area contributed by atoms with Gasteiger partial charge in [-0.15, -0.1) is 0 Å². The summed E-state index contributed by atoms with van der Waals surface area (Å²) in [7, 11) is 0. The minimum atomic E-state index is -0.474. The van der Waals surface area contributed by atoms with Gasteiger partial charge in [-0.25, -0.2) is 9.79 Å². The summed E-state index contributed by atoms with van der Waals surface area (Å²) < 4.78 is 11.3. The maximum Gasteiger partial charge on any atom is 0.338 e. The fourth-order valence-electron chi connectivity index (χ4n) is 3.76. The highest BCUT2D eigenvalue weighted by Crippen LogP contribution is 2.43. The first-order chi connectivity index (χ1) is 16.0. The molecule has 0 radical (unpaired) electrons. The lowest BCUT2D eigenvalue weighted by Crippen LogP contribution is -2.34. The van der Waals surface area contributed by atoms with E-state index in [0.717, 1.165) is 22.0 Å². The Kier molecular flexibility index (Phi) is 6.84. The number of ether oxygens (including phenoxy) is 2. The third-order valence-corrected chi connectivity index (χ3v) is 6.08. The Morgan fingerprint density at radius 1 is 1.12 bits per heavy atom. The number of thioether (sulfide) groups is 1. The fraction of sp³-hybridized carbons (Fsp3) is 0.240. The van der Waals surface area contributed by atoms with E-state index in [1.54, 1.807) is 13.0 Å². The van der Waals surface area contributed by atoms with Crippen LogP contribution < -0.4 is 10.1 Å². The third-order valence-electron chi connectivity index (χ3n) is 5.31. The zero-order valence-corrected chi connectivity index (χ0v) is 19.5. The van der Waals surface area contributed by atoms with Crippen LogP contribution in [0, 0.1) is 6.92 Å². The van der Waals surface area contributed by atoms with Crippen molar-refractivity contribution in [1.82, 2.24) is 4.90 Å². The van der Waals surface area contributed by atoms with E-state index in [9.17, 15) is 9.59 Å². The van der Waals surface area contributed by atoms with Crippen LogP contribution in [0.5, 0.6) is 5.75 Å². The highest BCUT2D eigenvalue weighted by Gasteiger charge is 2.38. The number of anilines is 1. The number of aliphatic imine (C=N–C) groups is 1. The van der Waals surface area contributed by atoms with Crippen LogP contribution in [-0.2, 0) is 14.3 Å². The van der Waals surface area contributed by atoms with Crippen LogP contribution in [0.3, 0.4) is 0 Å². The summed E-state index contributed by atoms with van der Waals surface area (Å²) in [5.41, 5.74) is 3.53. The van der Waals surface area contributed by atoms with E-state index >= 15 is 0 Å². The Bertz CT molecular complexity index is 1170. The summed E-state index contributed by atoms with van der Waals surface area (Å²) in [6, 6.07) is 14.5. The van der Waals surface area contributed by atoms with Crippen molar-refractivity contribution in [3.63, 3.8) is 0 Å². The molecule has 0 saturated carbocycles. The van der Waals surface area contributed by atoms with E-state index in [1.165, 1.54) is 11.8 Å². The molecule has 2 aliphatic heterocycles. The molecule has 1 N–H and O–H groups in total. The number of hydrogen-bond donors (Lipinski definition) is 1. The molecule has 170 valence electrons. The standard InChI is InChI=1S/C25H25N3O4S/c1-4-31-24(30)22-17(3)26-25-28(13-14-33-25)23(22)18-10-6-8-12-20(18)32-15-21(29)27-19-11-7-5-9-16(19)2/h5-14,23H,4,15H2,1-3H3,(H,27,29)/t23-/m1/s1. The number of rotatable bonds is 7. The lowest BCUT2D eigenvalue weighted by molar-refractivity contribution is -0.139. The molecule has 0 spiro atoms. The number of amides is 1. The Morgan fingerprint density at radius 2 is 1.88 bits per heavy atom. The van der Waals surface area contributed by atoms with Gasteiger partial charge in [0.25, 0.3) is 5.91 Å². The second-order valence-corrected chi connectivity index (χ2v) is 8.39. The first-order valence-corrected chi connectivity index (χ1v) is 11.5. The van der Waals surface area contributed by atoms with Gasteiger partial charge in [0.2, 0.25) is 0 Å². The molecule has 33 heavy (non-hydrogen) atoms. The van der Waals surface area contributed by atoms with Crippen LogP contribution in [0.1, 0.15) is 31.0 Å². The second kappa shape index (κ2) is 9.95. The highest BCUT2D eigenvalue weighted by molar-refractivity contribution is 8.16. The number of aryl methyl sites for hydroxylation is 1. The number of allylic oxidation sites excluding steroid dienone is 1. The number of amidine groups is 1. The summed E-state index contributed by atoms with van der Waals surface area (Å²) in [6.45, 7) is 5.61. The van der Waals surface area contributed by atoms with Crippen LogP contribution in [-0.4, -0.2) is 35.2 Å². The topological polar surface area (TPSA) is 80.2 Å². The van der Waals surface area contributed by atoms with E-state index in [1.807, 2.05) is 72.8 Å². The first-order valence-electron chi connectivity index (χ1n) is 10.6. The van der Waals surface area contributed by atoms with E-state index in [2.05, 4.69) is 10.3 Å². The van der Waals surface area contributed by atoms with Crippen molar-refractivity contribution in [2.45, 2.75) is 26.8 Å². The molecule has 0 bridgehead atoms. The number of carbonyl (C=O) groups excluding carboxylic acids is 2. The molecule has 0 aliphatic carbocycles. The van der Waals surface area contributed by atoms with E-state index in [-0.39, 0.29) is 19.1 Å². The van der Waals surface area contributed by atoms with E-state index in [0.29, 0.717) is 17.0 Å². The summed E-state index contributed by atoms with van der Waals surface area (Å²) in [5, 5.41) is 5.57. The Hall–Kier alpha value is -3.52. The molecule has 4 rings (SSSR count). The van der Waals surface area contributed by atoms with Crippen molar-refractivity contribution in [3.8, 4) is 5.75 Å². The molecular weight excluding hydrogens is 438 g/mol. The molecular formula is C25H25N3O4S. The molecule has 2 aromatic rings. The third kappa shape index (κ3) is 4.80. The van der Waals surface area contributed by atoms with Gasteiger partial charge in [0.15, 0.2) is 11.8 Å². The highest BCUT2D eigenvalue weighted by atomic mass is 32.2. The zero-order valence-electron chi connectivity index (χ0n) is 18.7. The summed E-state index contributed by atoms with van der Waals surface area (Å²) in [5.74, 6) is -0.164. The van der Waals surface area contributed by atoms with Gasteiger partial charge in [-0.2, -0.15) is 0 Å². The van der Waals surface area contributed by atoms with Crippen molar-refractivity contribution in [3.05, 3.63) is 82.5 Å². The molecule has 0 saturated heterocycles. The number of nitrogens with zero attached hydrogens (tertiary/aromatic N) is 2. The first kappa shape index (κ1) is 22.7. The second-order valence-electron chi connectivity index (χ2n) is 7.52. The van der Waals surface area contributed by atoms with Gasteiger partial charge < -0.3 is 19.7 Å². The maximum absolute atomic E-state index is 12.9. The van der Waals surface area contributed by atoms with Gasteiger partial charge in [-0.3, -0.25) is 4.79 Å². The number of benzene rings is 2. The average molecular weight is 464 g/mol. The largest absolute Gasteiger partial charge is 0.483 e. The molecule has 1 atom stereocenters. The number of nitrogens with one attached hydrogen (secondary N) is 1. The van der Waals surface area contributed by atoms with Crippen LogP contribution >= 0.6 is 11.8 Å². The SMILES string of the molecule is CCOC(=O)C1=C(C)N=C2SC=CN2[C@@H]1c1ccccc1OCC(=O)Nc1ccccc1C. The number of carbonyl (C=O) groups is 2. The van der Waals surface area contributed by atoms with Gasteiger partial charge in [0, 0.05) is 17.5 Å². The van der Waals surface area contributed by atoms with Crippen LogP contribution in [0.25, 0.3) is 0 Å². The summed E-state index contributed by atoms with van der Waals surface area (Å²) in [4.78, 5) is 31.9. The molecule has 8 heteroatoms. The minimum Gasteiger partial charge on any atom is -0.483 e. The quantitative estimate of drug-likeness (QED) is 0.595. The van der Waals surface area contributed by atoms with E-state index < -0.39 is 12.0 Å². The fourth-order valence-corrected chi connectivity index (χ4v) is 4.55. The predicted octanol–water partition coefficient (Wildman–Crippen LogP) is 4.78. The molecule has 7 nitrogen and oxygen atoms in total. The molecule has 0 aromatic heterocycles. The molecule has 0 unspecified atom stereocenters. The number of esters is 1. The Morgan fingerprint density at radius 3 is 2.67 bits per heavy atom. The molecule has 0 fully saturated rings. The number of hydrogen-bond acceptors (Lipinski definition) is 7. The van der Waals surface area contributed by atoms with Crippen molar-refractivity contribution in [2.24, 2.45) is 4.99 Å². The van der Waals surface area contributed by atoms with Gasteiger partial charge in [0.1, 0.15) is 5.75 Å². The summed E-state index contributed by atoms with van der Waals surface area (Å²) >= 11 is 1.49. The molecule has 1 amide bonds. The van der Waals surface area contributed by atoms with Crippen LogP contribution in [0.4, 0.5) is 5.69 Å². The molecule has 2 aromatic carbocycles. The predicted molar refractivity (Wildman–Crippen MR) is 130 cm³/mol. The lowest BCUT2D eigenvalue weighted by Gasteiger charge is -2.34. The maximum atomic E-state index is 12.9. The van der Waals surface area contributed by atoms with Crippen molar-refractivity contribution < 1.29 is 19.1 Å². The Labute approximate surface area is 197 Å². The van der Waals surface area contributed by atoms with Gasteiger partial charge in [0.05, 0.1) is 23.9 Å². The number of fused-ring (bicyclic) bond motifs is 1. The number of para-hydroxylation sites is 2. The van der Waals surface area contributed by atoms with Crippen molar-refractivity contribution >= 4 is 34.5 Å². The zero-order chi connectivity index (χ0) is 23.4. The summed E-state index contributed by atoms with van der Waals surface area (Å²) in [6.07, 6.45) is 1.89. The molecule has 2 aliphatic rings. The monoisotopic (exact) mass is 463 g/mol. The smallest absolute Gasteiger partial charge is 0.338 e. The van der Waals surface area contributed by atoms with Gasteiger partial charge in [-0.05, 0) is 43.9 Å².